The summed E-state index contributed by atoms with van der Waals surface area (Å²) in [6.45, 7) is 9.76. The van der Waals surface area contributed by atoms with Crippen molar-refractivity contribution in [1.82, 2.24) is 0 Å². The highest BCUT2D eigenvalue weighted by atomic mass is 14.5. The van der Waals surface area contributed by atoms with Crippen molar-refractivity contribution in [2.75, 3.05) is 0 Å². The van der Waals surface area contributed by atoms with Crippen LogP contribution in [0, 0.1) is 10.8 Å². The molecule has 1 unspecified atom stereocenters. The molecule has 0 radical (unpaired) electrons. The summed E-state index contributed by atoms with van der Waals surface area (Å²) in [6, 6.07) is 0. The second kappa shape index (κ2) is 3.12. The van der Waals surface area contributed by atoms with Gasteiger partial charge in [0, 0.05) is 0 Å². The van der Waals surface area contributed by atoms with Crippen molar-refractivity contribution >= 4 is 0 Å². The maximum atomic E-state index is 2.51. The first kappa shape index (κ1) is 10.3. The lowest BCUT2D eigenvalue weighted by molar-refractivity contribution is 0.152. The zero-order chi connectivity index (χ0) is 10.4. The van der Waals surface area contributed by atoms with E-state index in [1.165, 1.54) is 38.5 Å². The highest BCUT2D eigenvalue weighted by molar-refractivity contribution is 5.27. The van der Waals surface area contributed by atoms with Crippen LogP contribution in [0.3, 0.4) is 0 Å². The second-order valence-corrected chi connectivity index (χ2v) is 6.54. The minimum atomic E-state index is 0.541. The Hall–Kier alpha value is -0.260. The average molecular weight is 192 g/mol. The van der Waals surface area contributed by atoms with Crippen molar-refractivity contribution < 1.29 is 0 Å². The van der Waals surface area contributed by atoms with E-state index in [9.17, 15) is 0 Å². The molecule has 1 saturated carbocycles. The molecule has 0 nitrogen and oxygen atoms in total. The summed E-state index contributed by atoms with van der Waals surface area (Å²) in [5.41, 5.74) is 4.63. The van der Waals surface area contributed by atoms with Gasteiger partial charge < -0.3 is 0 Å². The first-order valence-corrected chi connectivity index (χ1v) is 6.12. The molecule has 1 atom stereocenters. The Bertz CT molecular complexity index is 270. The first-order chi connectivity index (χ1) is 6.43. The van der Waals surface area contributed by atoms with Gasteiger partial charge in [0.1, 0.15) is 0 Å². The molecule has 80 valence electrons. The van der Waals surface area contributed by atoms with Crippen LogP contribution in [0.15, 0.2) is 11.1 Å². The number of rotatable bonds is 0. The zero-order valence-electron chi connectivity index (χ0n) is 10.2. The second-order valence-electron chi connectivity index (χ2n) is 6.54. The van der Waals surface area contributed by atoms with Gasteiger partial charge in [-0.15, -0.1) is 0 Å². The molecule has 0 amide bonds. The minimum Gasteiger partial charge on any atom is -0.0730 e. The van der Waals surface area contributed by atoms with Gasteiger partial charge in [0.05, 0.1) is 0 Å². The SMILES string of the molecule is CC1=C2CCCCC2(C)CC(C)(C)C1. The summed E-state index contributed by atoms with van der Waals surface area (Å²) >= 11 is 0. The van der Waals surface area contributed by atoms with Gasteiger partial charge in [-0.1, -0.05) is 38.3 Å². The molecule has 2 aliphatic rings. The van der Waals surface area contributed by atoms with Crippen molar-refractivity contribution in [2.45, 2.75) is 66.2 Å². The third-order valence-electron chi connectivity index (χ3n) is 4.26. The van der Waals surface area contributed by atoms with Crippen LogP contribution in [0.4, 0.5) is 0 Å². The van der Waals surface area contributed by atoms with E-state index in [0.29, 0.717) is 10.8 Å². The predicted molar refractivity (Wildman–Crippen MR) is 62.3 cm³/mol. The van der Waals surface area contributed by atoms with Crippen molar-refractivity contribution in [3.05, 3.63) is 11.1 Å². The largest absolute Gasteiger partial charge is 0.0730 e. The van der Waals surface area contributed by atoms with Crippen molar-refractivity contribution in [3.8, 4) is 0 Å². The summed E-state index contributed by atoms with van der Waals surface area (Å²) in [5.74, 6) is 0. The quantitative estimate of drug-likeness (QED) is 0.488. The van der Waals surface area contributed by atoms with Gasteiger partial charge in [-0.3, -0.25) is 0 Å². The van der Waals surface area contributed by atoms with Gasteiger partial charge in [0.2, 0.25) is 0 Å². The maximum absolute atomic E-state index is 2.51. The van der Waals surface area contributed by atoms with E-state index < -0.39 is 0 Å². The van der Waals surface area contributed by atoms with Crippen LogP contribution >= 0.6 is 0 Å². The Morgan fingerprint density at radius 2 is 1.79 bits per heavy atom. The molecule has 0 N–H and O–H groups in total. The minimum absolute atomic E-state index is 0.541. The monoisotopic (exact) mass is 192 g/mol. The zero-order valence-corrected chi connectivity index (χ0v) is 10.2. The summed E-state index contributed by atoms with van der Waals surface area (Å²) in [4.78, 5) is 0. The molecule has 2 aliphatic carbocycles. The Morgan fingerprint density at radius 1 is 1.07 bits per heavy atom. The summed E-state index contributed by atoms with van der Waals surface area (Å²) in [5, 5.41) is 0. The standard InChI is InChI=1S/C14H24/c1-11-9-13(2,3)10-14(4)8-6-5-7-12(11)14/h5-10H2,1-4H3. The average Bonchev–Trinajstić information content (AvgIpc) is 1.99. The molecule has 0 aromatic rings. The van der Waals surface area contributed by atoms with Gasteiger partial charge in [-0.05, 0) is 49.9 Å². The Balaban J connectivity index is 2.37. The Labute approximate surface area is 88.8 Å². The van der Waals surface area contributed by atoms with Crippen molar-refractivity contribution in [1.29, 1.82) is 0 Å². The number of allylic oxidation sites excluding steroid dienone is 2. The summed E-state index contributed by atoms with van der Waals surface area (Å²) < 4.78 is 0. The predicted octanol–water partition coefficient (Wildman–Crippen LogP) is 4.70. The Morgan fingerprint density at radius 3 is 2.50 bits per heavy atom. The van der Waals surface area contributed by atoms with E-state index in [2.05, 4.69) is 27.7 Å². The van der Waals surface area contributed by atoms with Gasteiger partial charge >= 0.3 is 0 Å². The van der Waals surface area contributed by atoms with E-state index >= 15 is 0 Å². The van der Waals surface area contributed by atoms with Crippen LogP contribution in [-0.4, -0.2) is 0 Å². The molecule has 14 heavy (non-hydrogen) atoms. The molecule has 0 aromatic carbocycles. The number of hydrogen-bond donors (Lipinski definition) is 0. The normalized spacial score (nSPS) is 36.9. The molecule has 1 fully saturated rings. The smallest absolute Gasteiger partial charge is 0.0109 e. The molecular formula is C14H24. The van der Waals surface area contributed by atoms with Crippen LogP contribution in [0.1, 0.15) is 66.2 Å². The van der Waals surface area contributed by atoms with Crippen LogP contribution in [0.2, 0.25) is 0 Å². The molecule has 0 aliphatic heterocycles. The highest BCUT2D eigenvalue weighted by Crippen LogP contribution is 2.54. The van der Waals surface area contributed by atoms with Gasteiger partial charge in [0.25, 0.3) is 0 Å². The lowest BCUT2D eigenvalue weighted by Crippen LogP contribution is -2.35. The van der Waals surface area contributed by atoms with Gasteiger partial charge in [-0.2, -0.15) is 0 Å². The van der Waals surface area contributed by atoms with E-state index in [4.69, 9.17) is 0 Å². The highest BCUT2D eigenvalue weighted by Gasteiger charge is 2.41. The van der Waals surface area contributed by atoms with E-state index in [0.717, 1.165) is 0 Å². The molecule has 0 aromatic heterocycles. The van der Waals surface area contributed by atoms with Crippen molar-refractivity contribution in [3.63, 3.8) is 0 Å². The van der Waals surface area contributed by atoms with E-state index in [1.807, 2.05) is 5.57 Å². The summed E-state index contributed by atoms with van der Waals surface area (Å²) in [6.07, 6.45) is 8.44. The molecule has 0 heterocycles. The summed E-state index contributed by atoms with van der Waals surface area (Å²) in [7, 11) is 0. The lowest BCUT2D eigenvalue weighted by atomic mass is 9.57. The fourth-order valence-corrected chi connectivity index (χ4v) is 4.14. The van der Waals surface area contributed by atoms with Gasteiger partial charge in [-0.25, -0.2) is 0 Å². The maximum Gasteiger partial charge on any atom is -0.0109 e. The fraction of sp³-hybridized carbons (Fsp3) is 0.857. The van der Waals surface area contributed by atoms with Crippen molar-refractivity contribution in [2.24, 2.45) is 10.8 Å². The third-order valence-corrected chi connectivity index (χ3v) is 4.26. The topological polar surface area (TPSA) is 0 Å². The molecular weight excluding hydrogens is 168 g/mol. The molecule has 0 spiro atoms. The van der Waals surface area contributed by atoms with Gasteiger partial charge in [0.15, 0.2) is 0 Å². The third kappa shape index (κ3) is 1.64. The first-order valence-electron chi connectivity index (χ1n) is 6.12. The van der Waals surface area contributed by atoms with Crippen LogP contribution in [0.25, 0.3) is 0 Å². The van der Waals surface area contributed by atoms with E-state index in [1.54, 1.807) is 5.57 Å². The fourth-order valence-electron chi connectivity index (χ4n) is 4.14. The van der Waals surface area contributed by atoms with Crippen LogP contribution in [0.5, 0.6) is 0 Å². The van der Waals surface area contributed by atoms with E-state index in [-0.39, 0.29) is 0 Å². The van der Waals surface area contributed by atoms with Crippen LogP contribution in [-0.2, 0) is 0 Å². The molecule has 2 rings (SSSR count). The molecule has 0 bridgehead atoms. The number of hydrogen-bond acceptors (Lipinski definition) is 0. The molecule has 0 heteroatoms. The van der Waals surface area contributed by atoms with Crippen LogP contribution < -0.4 is 0 Å². The Kier molecular flexibility index (Phi) is 2.28. The lowest BCUT2D eigenvalue weighted by Gasteiger charge is -2.48. The number of fused-ring (bicyclic) bond motifs is 1. The molecule has 0 saturated heterocycles.